The Balaban J connectivity index is 2.18. The number of amides is 1. The van der Waals surface area contributed by atoms with E-state index in [1.807, 2.05) is 38.1 Å². The summed E-state index contributed by atoms with van der Waals surface area (Å²) < 4.78 is 0. The summed E-state index contributed by atoms with van der Waals surface area (Å²) >= 11 is 0. The summed E-state index contributed by atoms with van der Waals surface area (Å²) in [6.45, 7) is 4.57. The second-order valence-electron chi connectivity index (χ2n) is 4.71. The van der Waals surface area contributed by atoms with Gasteiger partial charge >= 0.3 is 0 Å². The number of hydrogen-bond acceptors (Lipinski definition) is 2. The minimum absolute atomic E-state index is 0.00858. The van der Waals surface area contributed by atoms with Crippen LogP contribution in [-0.2, 0) is 4.79 Å². The summed E-state index contributed by atoms with van der Waals surface area (Å²) in [5.74, 6) is 0.325. The fourth-order valence-corrected chi connectivity index (χ4v) is 2.06. The molecule has 1 aromatic rings. The zero-order chi connectivity index (χ0) is 12.4. The molecule has 0 unspecified atom stereocenters. The SMILES string of the molecule is CC(C)C(=O)c1ccc(N2CCCC2=O)cc1. The van der Waals surface area contributed by atoms with Crippen molar-refractivity contribution in [2.45, 2.75) is 26.7 Å². The van der Waals surface area contributed by atoms with Gasteiger partial charge in [0.15, 0.2) is 5.78 Å². The molecule has 1 amide bonds. The number of rotatable bonds is 3. The Labute approximate surface area is 101 Å². The Hall–Kier alpha value is -1.64. The Kier molecular flexibility index (Phi) is 3.27. The highest BCUT2D eigenvalue weighted by atomic mass is 16.2. The molecular weight excluding hydrogens is 214 g/mol. The molecule has 0 atom stereocenters. The van der Waals surface area contributed by atoms with Gasteiger partial charge in [0.2, 0.25) is 5.91 Å². The predicted molar refractivity (Wildman–Crippen MR) is 67.2 cm³/mol. The first-order valence-electron chi connectivity index (χ1n) is 6.04. The highest BCUT2D eigenvalue weighted by molar-refractivity contribution is 5.99. The number of hydrogen-bond donors (Lipinski definition) is 0. The first kappa shape index (κ1) is 11.8. The van der Waals surface area contributed by atoms with E-state index in [2.05, 4.69) is 0 Å². The molecule has 2 rings (SSSR count). The summed E-state index contributed by atoms with van der Waals surface area (Å²) in [4.78, 5) is 25.1. The summed E-state index contributed by atoms with van der Waals surface area (Å²) in [7, 11) is 0. The molecule has 90 valence electrons. The molecule has 17 heavy (non-hydrogen) atoms. The minimum Gasteiger partial charge on any atom is -0.312 e. The zero-order valence-electron chi connectivity index (χ0n) is 10.3. The third-order valence-electron chi connectivity index (χ3n) is 3.06. The standard InChI is InChI=1S/C14H17NO2/c1-10(2)14(17)11-5-7-12(8-6-11)15-9-3-4-13(15)16/h5-8,10H,3-4,9H2,1-2H3. The Morgan fingerprint density at radius 1 is 1.24 bits per heavy atom. The quantitative estimate of drug-likeness (QED) is 0.750. The van der Waals surface area contributed by atoms with E-state index in [1.165, 1.54) is 0 Å². The van der Waals surface area contributed by atoms with Gasteiger partial charge in [-0.25, -0.2) is 0 Å². The van der Waals surface area contributed by atoms with Crippen molar-refractivity contribution >= 4 is 17.4 Å². The van der Waals surface area contributed by atoms with E-state index in [0.717, 1.165) is 24.2 Å². The molecule has 0 aromatic heterocycles. The number of anilines is 1. The van der Waals surface area contributed by atoms with Crippen molar-refractivity contribution in [1.82, 2.24) is 0 Å². The average Bonchev–Trinajstić information content (AvgIpc) is 2.74. The molecule has 0 aliphatic carbocycles. The van der Waals surface area contributed by atoms with Crippen LogP contribution >= 0.6 is 0 Å². The predicted octanol–water partition coefficient (Wildman–Crippen LogP) is 2.65. The smallest absolute Gasteiger partial charge is 0.227 e. The maximum Gasteiger partial charge on any atom is 0.227 e. The monoisotopic (exact) mass is 231 g/mol. The molecule has 3 heteroatoms. The highest BCUT2D eigenvalue weighted by Crippen LogP contribution is 2.22. The normalized spacial score (nSPS) is 15.7. The van der Waals surface area contributed by atoms with Crippen LogP contribution in [0.5, 0.6) is 0 Å². The topological polar surface area (TPSA) is 37.4 Å². The lowest BCUT2D eigenvalue weighted by Gasteiger charge is -2.16. The highest BCUT2D eigenvalue weighted by Gasteiger charge is 2.21. The van der Waals surface area contributed by atoms with Crippen molar-refractivity contribution in [3.63, 3.8) is 0 Å². The molecule has 0 saturated carbocycles. The molecule has 0 spiro atoms. The van der Waals surface area contributed by atoms with E-state index >= 15 is 0 Å². The van der Waals surface area contributed by atoms with Crippen LogP contribution < -0.4 is 4.90 Å². The number of benzene rings is 1. The van der Waals surface area contributed by atoms with Crippen molar-refractivity contribution in [2.24, 2.45) is 5.92 Å². The number of Topliss-reactive ketones (excluding diaryl/α,β-unsaturated/α-hetero) is 1. The van der Waals surface area contributed by atoms with Gasteiger partial charge in [-0.2, -0.15) is 0 Å². The van der Waals surface area contributed by atoms with Crippen LogP contribution in [0.15, 0.2) is 24.3 Å². The zero-order valence-corrected chi connectivity index (χ0v) is 10.3. The van der Waals surface area contributed by atoms with Crippen LogP contribution in [0.4, 0.5) is 5.69 Å². The van der Waals surface area contributed by atoms with Gasteiger partial charge < -0.3 is 4.90 Å². The van der Waals surface area contributed by atoms with E-state index in [0.29, 0.717) is 6.42 Å². The number of ketones is 1. The van der Waals surface area contributed by atoms with E-state index in [-0.39, 0.29) is 17.6 Å². The van der Waals surface area contributed by atoms with Crippen LogP contribution in [0, 0.1) is 5.92 Å². The molecule has 0 N–H and O–H groups in total. The van der Waals surface area contributed by atoms with E-state index in [1.54, 1.807) is 4.90 Å². The van der Waals surface area contributed by atoms with Gasteiger partial charge in [0.25, 0.3) is 0 Å². The summed E-state index contributed by atoms with van der Waals surface area (Å²) in [6.07, 6.45) is 1.55. The van der Waals surface area contributed by atoms with E-state index in [4.69, 9.17) is 0 Å². The van der Waals surface area contributed by atoms with Crippen LogP contribution in [0.25, 0.3) is 0 Å². The maximum absolute atomic E-state index is 11.8. The van der Waals surface area contributed by atoms with Crippen LogP contribution in [0.3, 0.4) is 0 Å². The molecule has 0 bridgehead atoms. The molecule has 1 aliphatic heterocycles. The maximum atomic E-state index is 11.8. The first-order valence-corrected chi connectivity index (χ1v) is 6.04. The minimum atomic E-state index is 0.00858. The molecule has 1 saturated heterocycles. The molecule has 1 aliphatic rings. The van der Waals surface area contributed by atoms with Crippen LogP contribution in [-0.4, -0.2) is 18.2 Å². The lowest BCUT2D eigenvalue weighted by molar-refractivity contribution is -0.117. The lowest BCUT2D eigenvalue weighted by Crippen LogP contribution is -2.23. The third kappa shape index (κ3) is 2.38. The van der Waals surface area contributed by atoms with Gasteiger partial charge in [-0.15, -0.1) is 0 Å². The number of carbonyl (C=O) groups excluding carboxylic acids is 2. The van der Waals surface area contributed by atoms with Gasteiger partial charge in [0.05, 0.1) is 0 Å². The van der Waals surface area contributed by atoms with Gasteiger partial charge in [-0.1, -0.05) is 13.8 Å². The summed E-state index contributed by atoms with van der Waals surface area (Å²) in [6, 6.07) is 7.34. The van der Waals surface area contributed by atoms with Gasteiger partial charge in [-0.3, -0.25) is 9.59 Å². The van der Waals surface area contributed by atoms with Gasteiger partial charge in [0.1, 0.15) is 0 Å². The summed E-state index contributed by atoms with van der Waals surface area (Å²) in [5.41, 5.74) is 1.61. The molecular formula is C14H17NO2. The van der Waals surface area contributed by atoms with E-state index < -0.39 is 0 Å². The summed E-state index contributed by atoms with van der Waals surface area (Å²) in [5, 5.41) is 0. The molecule has 0 radical (unpaired) electrons. The van der Waals surface area contributed by atoms with Crippen molar-refractivity contribution in [1.29, 1.82) is 0 Å². The van der Waals surface area contributed by atoms with Crippen molar-refractivity contribution in [2.75, 3.05) is 11.4 Å². The largest absolute Gasteiger partial charge is 0.312 e. The van der Waals surface area contributed by atoms with Crippen LogP contribution in [0.1, 0.15) is 37.0 Å². The molecule has 1 heterocycles. The average molecular weight is 231 g/mol. The Morgan fingerprint density at radius 2 is 1.88 bits per heavy atom. The van der Waals surface area contributed by atoms with Crippen molar-refractivity contribution < 1.29 is 9.59 Å². The third-order valence-corrected chi connectivity index (χ3v) is 3.06. The molecule has 1 aromatic carbocycles. The molecule has 1 fully saturated rings. The second kappa shape index (κ2) is 4.70. The van der Waals surface area contributed by atoms with Crippen LogP contribution in [0.2, 0.25) is 0 Å². The van der Waals surface area contributed by atoms with Gasteiger partial charge in [-0.05, 0) is 30.7 Å². The first-order chi connectivity index (χ1) is 8.09. The number of carbonyl (C=O) groups is 2. The lowest BCUT2D eigenvalue weighted by atomic mass is 10.0. The fraction of sp³-hybridized carbons (Fsp3) is 0.429. The van der Waals surface area contributed by atoms with Crippen molar-refractivity contribution in [3.8, 4) is 0 Å². The Bertz CT molecular complexity index is 434. The molecule has 3 nitrogen and oxygen atoms in total. The second-order valence-corrected chi connectivity index (χ2v) is 4.71. The van der Waals surface area contributed by atoms with Gasteiger partial charge in [0, 0.05) is 30.1 Å². The number of nitrogens with zero attached hydrogens (tertiary/aromatic N) is 1. The van der Waals surface area contributed by atoms with Crippen molar-refractivity contribution in [3.05, 3.63) is 29.8 Å². The fourth-order valence-electron chi connectivity index (χ4n) is 2.06. The van der Waals surface area contributed by atoms with E-state index in [9.17, 15) is 9.59 Å². The Morgan fingerprint density at radius 3 is 2.35 bits per heavy atom.